The molecule has 1 unspecified atom stereocenters. The fraction of sp³-hybridized carbons (Fsp3) is 0.357. The highest BCUT2D eigenvalue weighted by atomic mass is 19.1. The summed E-state index contributed by atoms with van der Waals surface area (Å²) in [6, 6.07) is 6.56. The first-order valence-electron chi connectivity index (χ1n) is 6.31. The minimum Gasteiger partial charge on any atom is -0.394 e. The molecule has 0 aliphatic carbocycles. The van der Waals surface area contributed by atoms with Crippen LogP contribution in [0.1, 0.15) is 18.4 Å². The smallest absolute Gasteiger partial charge is 0.123 e. The lowest BCUT2D eigenvalue weighted by Crippen LogP contribution is -2.09. The van der Waals surface area contributed by atoms with Crippen molar-refractivity contribution in [3.05, 3.63) is 48.0 Å². The first-order valence-corrected chi connectivity index (χ1v) is 6.31. The summed E-state index contributed by atoms with van der Waals surface area (Å²) in [7, 11) is 0. The van der Waals surface area contributed by atoms with Gasteiger partial charge in [0.2, 0.25) is 0 Å². The van der Waals surface area contributed by atoms with Gasteiger partial charge in [-0.2, -0.15) is 5.10 Å². The molecule has 1 heterocycles. The molecule has 0 amide bonds. The van der Waals surface area contributed by atoms with Crippen LogP contribution >= 0.6 is 0 Å². The lowest BCUT2D eigenvalue weighted by atomic mass is 10.0. The van der Waals surface area contributed by atoms with E-state index in [4.69, 9.17) is 5.11 Å². The van der Waals surface area contributed by atoms with Gasteiger partial charge in [0.1, 0.15) is 5.82 Å². The van der Waals surface area contributed by atoms with E-state index in [2.05, 4.69) is 17.3 Å². The number of nitrogens with one attached hydrogen (secondary N) is 1. The van der Waals surface area contributed by atoms with Crippen LogP contribution in [-0.2, 0) is 6.54 Å². The van der Waals surface area contributed by atoms with E-state index in [1.807, 2.05) is 6.20 Å². The number of halogens is 1. The minimum absolute atomic E-state index is 0.0765. The van der Waals surface area contributed by atoms with E-state index in [1.165, 1.54) is 12.1 Å². The summed E-state index contributed by atoms with van der Waals surface area (Å²) in [5.74, 6) is 0.0657. The predicted molar refractivity (Wildman–Crippen MR) is 72.6 cm³/mol. The van der Waals surface area contributed by atoms with Gasteiger partial charge in [-0.1, -0.05) is 19.1 Å². The third-order valence-electron chi connectivity index (χ3n) is 3.01. The number of hydrogen-bond donors (Lipinski definition) is 2. The zero-order chi connectivity index (χ0) is 13.7. The topological polar surface area (TPSA) is 50.1 Å². The fourth-order valence-electron chi connectivity index (χ4n) is 1.86. The lowest BCUT2D eigenvalue weighted by molar-refractivity contribution is 0.269. The summed E-state index contributed by atoms with van der Waals surface area (Å²) in [5.41, 5.74) is 2.01. The van der Waals surface area contributed by atoms with Gasteiger partial charge in [0, 0.05) is 12.7 Å². The van der Waals surface area contributed by atoms with Crippen LogP contribution in [0.25, 0.3) is 0 Å². The van der Waals surface area contributed by atoms with E-state index in [1.54, 1.807) is 23.0 Å². The van der Waals surface area contributed by atoms with E-state index in [0.717, 1.165) is 17.8 Å². The normalized spacial score (nSPS) is 12.4. The number of aliphatic hydroxyl groups excluding tert-OH is 1. The average Bonchev–Trinajstić information content (AvgIpc) is 2.85. The molecule has 1 aromatic heterocycles. The fourth-order valence-corrected chi connectivity index (χ4v) is 1.86. The van der Waals surface area contributed by atoms with E-state index in [0.29, 0.717) is 6.54 Å². The van der Waals surface area contributed by atoms with Gasteiger partial charge >= 0.3 is 0 Å². The third kappa shape index (κ3) is 3.79. The van der Waals surface area contributed by atoms with E-state index in [9.17, 15) is 4.39 Å². The molecular formula is C14H18FN3O. The second-order valence-corrected chi connectivity index (χ2v) is 4.55. The molecule has 2 rings (SSSR count). The monoisotopic (exact) mass is 263 g/mol. The predicted octanol–water partition coefficient (Wildman–Crippen LogP) is 2.23. The molecule has 2 N–H and O–H groups in total. The Morgan fingerprint density at radius 2 is 2.11 bits per heavy atom. The van der Waals surface area contributed by atoms with Gasteiger partial charge in [0.15, 0.2) is 0 Å². The summed E-state index contributed by atoms with van der Waals surface area (Å²) >= 11 is 0. The zero-order valence-electron chi connectivity index (χ0n) is 10.9. The molecule has 4 nitrogen and oxygen atoms in total. The van der Waals surface area contributed by atoms with Gasteiger partial charge in [-0.05, 0) is 23.6 Å². The van der Waals surface area contributed by atoms with E-state index in [-0.39, 0.29) is 18.3 Å². The molecule has 0 aliphatic heterocycles. The Labute approximate surface area is 111 Å². The summed E-state index contributed by atoms with van der Waals surface area (Å²) < 4.78 is 14.5. The molecule has 1 atom stereocenters. The maximum absolute atomic E-state index is 12.8. The molecule has 0 radical (unpaired) electrons. The highest BCUT2D eigenvalue weighted by Crippen LogP contribution is 2.16. The number of aliphatic hydroxyl groups is 1. The lowest BCUT2D eigenvalue weighted by Gasteiger charge is -2.12. The summed E-state index contributed by atoms with van der Waals surface area (Å²) in [5, 5.41) is 16.2. The van der Waals surface area contributed by atoms with Crippen molar-refractivity contribution in [2.75, 3.05) is 18.5 Å². The van der Waals surface area contributed by atoms with Crippen molar-refractivity contribution in [3.8, 4) is 0 Å². The molecular weight excluding hydrogens is 245 g/mol. The first-order chi connectivity index (χ1) is 9.19. The Balaban J connectivity index is 1.88. The van der Waals surface area contributed by atoms with Gasteiger partial charge in [-0.3, -0.25) is 4.68 Å². The van der Waals surface area contributed by atoms with Crippen LogP contribution in [0.15, 0.2) is 36.7 Å². The van der Waals surface area contributed by atoms with Crippen LogP contribution in [0.2, 0.25) is 0 Å². The van der Waals surface area contributed by atoms with Gasteiger partial charge < -0.3 is 10.4 Å². The van der Waals surface area contributed by atoms with Crippen LogP contribution in [0, 0.1) is 5.82 Å². The summed E-state index contributed by atoms with van der Waals surface area (Å²) in [6.45, 7) is 3.40. The summed E-state index contributed by atoms with van der Waals surface area (Å²) in [4.78, 5) is 0. The van der Waals surface area contributed by atoms with Gasteiger partial charge in [-0.15, -0.1) is 0 Å². The van der Waals surface area contributed by atoms with Gasteiger partial charge in [0.25, 0.3) is 0 Å². The molecule has 0 fully saturated rings. The SMILES string of the molecule is CC(CNc1cnn(CCO)c1)c1ccc(F)cc1. The zero-order valence-corrected chi connectivity index (χ0v) is 10.9. The Bertz CT molecular complexity index is 510. The van der Waals surface area contributed by atoms with Crippen molar-refractivity contribution in [1.82, 2.24) is 9.78 Å². The van der Waals surface area contributed by atoms with E-state index < -0.39 is 0 Å². The molecule has 0 bridgehead atoms. The maximum atomic E-state index is 12.8. The van der Waals surface area contributed by atoms with Crippen LogP contribution in [0.4, 0.5) is 10.1 Å². The summed E-state index contributed by atoms with van der Waals surface area (Å²) in [6.07, 6.45) is 3.58. The highest BCUT2D eigenvalue weighted by molar-refractivity contribution is 5.39. The van der Waals surface area contributed by atoms with Crippen molar-refractivity contribution in [2.24, 2.45) is 0 Å². The Morgan fingerprint density at radius 1 is 1.37 bits per heavy atom. The van der Waals surface area contributed by atoms with Gasteiger partial charge in [-0.25, -0.2) is 4.39 Å². The number of nitrogens with zero attached hydrogens (tertiary/aromatic N) is 2. The first kappa shape index (κ1) is 13.5. The maximum Gasteiger partial charge on any atom is 0.123 e. The number of benzene rings is 1. The quantitative estimate of drug-likeness (QED) is 0.840. The minimum atomic E-state index is -0.214. The molecule has 0 saturated heterocycles. The van der Waals surface area contributed by atoms with Crippen LogP contribution in [0.5, 0.6) is 0 Å². The standard InChI is InChI=1S/C14H18FN3O/c1-11(12-2-4-13(15)5-3-12)8-16-14-9-17-18(10-14)6-7-19/h2-5,9-11,16,19H,6-8H2,1H3. The van der Waals surface area contributed by atoms with Gasteiger partial charge in [0.05, 0.1) is 25.0 Å². The van der Waals surface area contributed by atoms with Crippen LogP contribution in [0.3, 0.4) is 0 Å². The molecule has 1 aromatic carbocycles. The third-order valence-corrected chi connectivity index (χ3v) is 3.01. The second kappa shape index (κ2) is 6.33. The van der Waals surface area contributed by atoms with Crippen molar-refractivity contribution in [1.29, 1.82) is 0 Å². The molecule has 102 valence electrons. The van der Waals surface area contributed by atoms with Crippen molar-refractivity contribution in [2.45, 2.75) is 19.4 Å². The van der Waals surface area contributed by atoms with Crippen molar-refractivity contribution in [3.63, 3.8) is 0 Å². The molecule has 19 heavy (non-hydrogen) atoms. The molecule has 0 spiro atoms. The van der Waals surface area contributed by atoms with E-state index >= 15 is 0 Å². The Morgan fingerprint density at radius 3 is 2.79 bits per heavy atom. The van der Waals surface area contributed by atoms with Crippen molar-refractivity contribution < 1.29 is 9.50 Å². The molecule has 2 aromatic rings. The molecule has 0 saturated carbocycles. The number of hydrogen-bond acceptors (Lipinski definition) is 3. The van der Waals surface area contributed by atoms with Crippen LogP contribution < -0.4 is 5.32 Å². The molecule has 5 heteroatoms. The Kier molecular flexibility index (Phi) is 4.52. The number of aromatic nitrogens is 2. The van der Waals surface area contributed by atoms with Crippen molar-refractivity contribution >= 4 is 5.69 Å². The van der Waals surface area contributed by atoms with Crippen LogP contribution in [-0.4, -0.2) is 28.0 Å². The largest absolute Gasteiger partial charge is 0.394 e. The second-order valence-electron chi connectivity index (χ2n) is 4.55. The average molecular weight is 263 g/mol. The number of rotatable bonds is 6. The molecule has 0 aliphatic rings. The number of anilines is 1. The Hall–Kier alpha value is -1.88. The highest BCUT2D eigenvalue weighted by Gasteiger charge is 2.06.